The number of hydrogen-bond acceptors (Lipinski definition) is 3. The summed E-state index contributed by atoms with van der Waals surface area (Å²) in [5.74, 6) is -1.40. The largest absolute Gasteiger partial charge is 0.481 e. The predicted molar refractivity (Wildman–Crippen MR) is 87.2 cm³/mol. The number of carboxylic acids is 1. The van der Waals surface area contributed by atoms with E-state index in [2.05, 4.69) is 5.32 Å². The van der Waals surface area contributed by atoms with Crippen molar-refractivity contribution < 1.29 is 14.7 Å². The van der Waals surface area contributed by atoms with Gasteiger partial charge < -0.3 is 10.4 Å². The van der Waals surface area contributed by atoms with Crippen LogP contribution in [-0.2, 0) is 15.0 Å². The Morgan fingerprint density at radius 3 is 2.45 bits per heavy atom. The van der Waals surface area contributed by atoms with Crippen molar-refractivity contribution in [2.75, 3.05) is 6.54 Å². The standard InChI is InChI=1S/C17H19NO3S/c1-12(14-9-6-10-22-14)15(19)18-11-17(2,16(20)21)13-7-4-3-5-8-13/h3-10,12H,11H2,1-2H3,(H,18,19)(H,20,21). The van der Waals surface area contributed by atoms with Gasteiger partial charge in [0.1, 0.15) is 5.41 Å². The molecule has 0 aliphatic carbocycles. The van der Waals surface area contributed by atoms with Gasteiger partial charge in [0.15, 0.2) is 0 Å². The summed E-state index contributed by atoms with van der Waals surface area (Å²) in [6.07, 6.45) is 0. The summed E-state index contributed by atoms with van der Waals surface area (Å²) >= 11 is 1.52. The average Bonchev–Trinajstić information content (AvgIpc) is 3.06. The van der Waals surface area contributed by atoms with Crippen molar-refractivity contribution in [2.45, 2.75) is 25.2 Å². The van der Waals surface area contributed by atoms with E-state index in [-0.39, 0.29) is 18.4 Å². The highest BCUT2D eigenvalue weighted by molar-refractivity contribution is 7.10. The maximum atomic E-state index is 12.2. The van der Waals surface area contributed by atoms with Crippen LogP contribution in [0.3, 0.4) is 0 Å². The molecular formula is C17H19NO3S. The Kier molecular flexibility index (Phi) is 4.98. The maximum Gasteiger partial charge on any atom is 0.315 e. The maximum absolute atomic E-state index is 12.2. The number of carbonyl (C=O) groups excluding carboxylic acids is 1. The van der Waals surface area contributed by atoms with Crippen molar-refractivity contribution in [3.8, 4) is 0 Å². The number of thiophene rings is 1. The van der Waals surface area contributed by atoms with Gasteiger partial charge in [-0.2, -0.15) is 0 Å². The van der Waals surface area contributed by atoms with E-state index >= 15 is 0 Å². The normalized spacial score (nSPS) is 14.8. The SMILES string of the molecule is CC(C(=O)NCC(C)(C(=O)O)c1ccccc1)c1cccs1. The first-order valence-electron chi connectivity index (χ1n) is 7.05. The molecule has 0 aliphatic heterocycles. The number of rotatable bonds is 6. The summed E-state index contributed by atoms with van der Waals surface area (Å²) in [6, 6.07) is 12.8. The van der Waals surface area contributed by atoms with E-state index < -0.39 is 11.4 Å². The van der Waals surface area contributed by atoms with Crippen LogP contribution in [-0.4, -0.2) is 23.5 Å². The van der Waals surface area contributed by atoms with E-state index in [1.54, 1.807) is 31.2 Å². The van der Waals surface area contributed by atoms with E-state index in [4.69, 9.17) is 0 Å². The van der Waals surface area contributed by atoms with Gasteiger partial charge in [-0.3, -0.25) is 9.59 Å². The van der Waals surface area contributed by atoms with Crippen molar-refractivity contribution in [2.24, 2.45) is 0 Å². The minimum absolute atomic E-state index is 0.0564. The summed E-state index contributed by atoms with van der Waals surface area (Å²) in [4.78, 5) is 24.9. The van der Waals surface area contributed by atoms with E-state index in [1.165, 1.54) is 11.3 Å². The second-order valence-electron chi connectivity index (χ2n) is 5.46. The van der Waals surface area contributed by atoms with Gasteiger partial charge in [-0.25, -0.2) is 0 Å². The fraction of sp³-hybridized carbons (Fsp3) is 0.294. The molecule has 116 valence electrons. The number of amides is 1. The second-order valence-corrected chi connectivity index (χ2v) is 6.44. The van der Waals surface area contributed by atoms with Gasteiger partial charge in [0.2, 0.25) is 5.91 Å². The minimum atomic E-state index is -1.15. The number of aliphatic carboxylic acids is 1. The van der Waals surface area contributed by atoms with Gasteiger partial charge in [-0.15, -0.1) is 11.3 Å². The third-order valence-electron chi connectivity index (χ3n) is 3.86. The zero-order valence-electron chi connectivity index (χ0n) is 12.6. The van der Waals surface area contributed by atoms with Crippen LogP contribution >= 0.6 is 11.3 Å². The monoisotopic (exact) mass is 317 g/mol. The van der Waals surface area contributed by atoms with Gasteiger partial charge in [0.05, 0.1) is 5.92 Å². The summed E-state index contributed by atoms with van der Waals surface area (Å²) < 4.78 is 0. The van der Waals surface area contributed by atoms with Crippen LogP contribution in [0.15, 0.2) is 47.8 Å². The highest BCUT2D eigenvalue weighted by Crippen LogP contribution is 2.25. The molecule has 0 saturated carbocycles. The Bertz CT molecular complexity index is 639. The summed E-state index contributed by atoms with van der Waals surface area (Å²) in [5, 5.41) is 14.3. The summed E-state index contributed by atoms with van der Waals surface area (Å²) in [6.45, 7) is 3.50. The number of benzene rings is 1. The lowest BCUT2D eigenvalue weighted by molar-refractivity contribution is -0.143. The highest BCUT2D eigenvalue weighted by Gasteiger charge is 2.36. The van der Waals surface area contributed by atoms with Crippen LogP contribution in [0.4, 0.5) is 0 Å². The molecule has 1 heterocycles. The molecule has 0 bridgehead atoms. The molecule has 22 heavy (non-hydrogen) atoms. The number of nitrogens with one attached hydrogen (secondary N) is 1. The van der Waals surface area contributed by atoms with Crippen molar-refractivity contribution in [3.63, 3.8) is 0 Å². The third-order valence-corrected chi connectivity index (χ3v) is 4.92. The van der Waals surface area contributed by atoms with Crippen LogP contribution < -0.4 is 5.32 Å². The lowest BCUT2D eigenvalue weighted by Crippen LogP contribution is -2.45. The van der Waals surface area contributed by atoms with Crippen LogP contribution in [0.1, 0.15) is 30.2 Å². The van der Waals surface area contributed by atoms with Crippen LogP contribution in [0.5, 0.6) is 0 Å². The van der Waals surface area contributed by atoms with E-state index in [0.29, 0.717) is 5.56 Å². The molecule has 1 amide bonds. The highest BCUT2D eigenvalue weighted by atomic mass is 32.1. The quantitative estimate of drug-likeness (QED) is 0.860. The molecule has 2 aromatic rings. The molecule has 5 heteroatoms. The Morgan fingerprint density at radius 1 is 1.23 bits per heavy atom. The molecular weight excluding hydrogens is 298 g/mol. The lowest BCUT2D eigenvalue weighted by Gasteiger charge is -2.26. The Morgan fingerprint density at radius 2 is 1.91 bits per heavy atom. The first-order valence-corrected chi connectivity index (χ1v) is 7.93. The first-order chi connectivity index (χ1) is 10.4. The predicted octanol–water partition coefficient (Wildman–Crippen LogP) is 3.01. The van der Waals surface area contributed by atoms with Crippen molar-refractivity contribution >= 4 is 23.2 Å². The fourth-order valence-electron chi connectivity index (χ4n) is 2.19. The molecule has 4 nitrogen and oxygen atoms in total. The van der Waals surface area contributed by atoms with E-state index in [0.717, 1.165) is 4.88 Å². The molecule has 2 unspecified atom stereocenters. The zero-order valence-corrected chi connectivity index (χ0v) is 13.4. The molecule has 0 spiro atoms. The average molecular weight is 317 g/mol. The Balaban J connectivity index is 2.10. The van der Waals surface area contributed by atoms with Gasteiger partial charge in [-0.1, -0.05) is 36.4 Å². The smallest absolute Gasteiger partial charge is 0.315 e. The van der Waals surface area contributed by atoms with E-state index in [9.17, 15) is 14.7 Å². The molecule has 0 aliphatic rings. The van der Waals surface area contributed by atoms with Crippen molar-refractivity contribution in [1.82, 2.24) is 5.32 Å². The van der Waals surface area contributed by atoms with Gasteiger partial charge >= 0.3 is 5.97 Å². The fourth-order valence-corrected chi connectivity index (χ4v) is 2.97. The Labute approximate surface area is 133 Å². The topological polar surface area (TPSA) is 66.4 Å². The minimum Gasteiger partial charge on any atom is -0.481 e. The number of carboxylic acid groups (broad SMARTS) is 1. The van der Waals surface area contributed by atoms with Gasteiger partial charge in [-0.05, 0) is 30.9 Å². The van der Waals surface area contributed by atoms with Crippen molar-refractivity contribution in [1.29, 1.82) is 0 Å². The lowest BCUT2D eigenvalue weighted by atomic mass is 9.82. The first kappa shape index (κ1) is 16.2. The molecule has 2 atom stereocenters. The van der Waals surface area contributed by atoms with Crippen LogP contribution in [0.2, 0.25) is 0 Å². The zero-order chi connectivity index (χ0) is 16.2. The van der Waals surface area contributed by atoms with Crippen LogP contribution in [0.25, 0.3) is 0 Å². The molecule has 2 N–H and O–H groups in total. The summed E-state index contributed by atoms with van der Waals surface area (Å²) in [5.41, 5.74) is -0.474. The molecule has 2 rings (SSSR count). The second kappa shape index (κ2) is 6.75. The van der Waals surface area contributed by atoms with Crippen molar-refractivity contribution in [3.05, 3.63) is 58.3 Å². The molecule has 1 aromatic carbocycles. The van der Waals surface area contributed by atoms with Gasteiger partial charge in [0, 0.05) is 11.4 Å². The molecule has 0 saturated heterocycles. The van der Waals surface area contributed by atoms with E-state index in [1.807, 2.05) is 30.5 Å². The molecule has 0 radical (unpaired) electrons. The number of hydrogen-bond donors (Lipinski definition) is 2. The molecule has 0 fully saturated rings. The summed E-state index contributed by atoms with van der Waals surface area (Å²) in [7, 11) is 0. The third kappa shape index (κ3) is 3.36. The van der Waals surface area contributed by atoms with Crippen LogP contribution in [0, 0.1) is 0 Å². The number of carbonyl (C=O) groups is 2. The Hall–Kier alpha value is -2.14. The molecule has 1 aromatic heterocycles. The van der Waals surface area contributed by atoms with Gasteiger partial charge in [0.25, 0.3) is 0 Å².